The lowest BCUT2D eigenvalue weighted by molar-refractivity contribution is 0.258. The van der Waals surface area contributed by atoms with Crippen LogP contribution in [0.3, 0.4) is 0 Å². The highest BCUT2D eigenvalue weighted by atomic mass is 79.9. The van der Waals surface area contributed by atoms with Crippen molar-refractivity contribution in [2.45, 2.75) is 13.2 Å². The summed E-state index contributed by atoms with van der Waals surface area (Å²) in [6.45, 7) is 0.236. The molecule has 0 aliphatic rings. The molecule has 0 saturated carbocycles. The zero-order chi connectivity index (χ0) is 14.5. The number of aliphatic hydroxyl groups excluding tert-OH is 1. The number of aliphatic hydroxyl groups is 1. The van der Waals surface area contributed by atoms with Gasteiger partial charge in [0.15, 0.2) is 0 Å². The van der Waals surface area contributed by atoms with Gasteiger partial charge in [-0.05, 0) is 24.3 Å². The highest BCUT2D eigenvalue weighted by Crippen LogP contribution is 2.27. The van der Waals surface area contributed by atoms with Gasteiger partial charge in [0, 0.05) is 26.7 Å². The highest BCUT2D eigenvalue weighted by molar-refractivity contribution is 9.10. The van der Waals surface area contributed by atoms with Crippen molar-refractivity contribution in [1.29, 1.82) is 0 Å². The minimum atomic E-state index is -0.0899. The molecule has 0 aromatic heterocycles. The quantitative estimate of drug-likeness (QED) is 0.872. The van der Waals surface area contributed by atoms with E-state index in [1.807, 2.05) is 18.2 Å². The normalized spacial score (nSPS) is 10.4. The maximum Gasteiger partial charge on any atom is 0.129 e. The van der Waals surface area contributed by atoms with Crippen LogP contribution in [0.4, 0.5) is 0 Å². The van der Waals surface area contributed by atoms with Gasteiger partial charge in [-0.15, -0.1) is 0 Å². The Balaban J connectivity index is 2.17. The molecule has 106 valence electrons. The molecule has 0 atom stereocenters. The molecular weight excluding hydrogens is 344 g/mol. The van der Waals surface area contributed by atoms with Crippen molar-refractivity contribution in [3.05, 3.63) is 57.0 Å². The molecule has 0 fully saturated rings. The van der Waals surface area contributed by atoms with E-state index in [1.54, 1.807) is 25.3 Å². The third-order valence-corrected chi connectivity index (χ3v) is 3.69. The lowest BCUT2D eigenvalue weighted by Crippen LogP contribution is -2.00. The molecule has 20 heavy (non-hydrogen) atoms. The van der Waals surface area contributed by atoms with Crippen LogP contribution in [0.15, 0.2) is 40.9 Å². The first-order valence-corrected chi connectivity index (χ1v) is 7.15. The second-order valence-corrected chi connectivity index (χ2v) is 5.48. The number of methoxy groups -OCH3 is 1. The second kappa shape index (κ2) is 6.97. The Kier molecular flexibility index (Phi) is 5.29. The average molecular weight is 358 g/mol. The number of hydrogen-bond acceptors (Lipinski definition) is 3. The Morgan fingerprint density at radius 3 is 2.55 bits per heavy atom. The lowest BCUT2D eigenvalue weighted by atomic mass is 10.2. The summed E-state index contributed by atoms with van der Waals surface area (Å²) < 4.78 is 11.8. The standard InChI is InChI=1S/C15H14BrClO3/c1-19-13-5-3-10(8-18)15(7-13)20-9-11-2-4-12(16)6-14(11)17/h2-7,18H,8-9H2,1H3. The summed E-state index contributed by atoms with van der Waals surface area (Å²) in [5.74, 6) is 1.27. The van der Waals surface area contributed by atoms with Gasteiger partial charge in [-0.2, -0.15) is 0 Å². The largest absolute Gasteiger partial charge is 0.497 e. The minimum Gasteiger partial charge on any atom is -0.497 e. The monoisotopic (exact) mass is 356 g/mol. The minimum absolute atomic E-state index is 0.0899. The molecule has 2 rings (SSSR count). The zero-order valence-electron chi connectivity index (χ0n) is 10.9. The van der Waals surface area contributed by atoms with Crippen LogP contribution in [-0.2, 0) is 13.2 Å². The van der Waals surface area contributed by atoms with Crippen LogP contribution in [0.25, 0.3) is 0 Å². The van der Waals surface area contributed by atoms with Gasteiger partial charge in [0.05, 0.1) is 13.7 Å². The van der Waals surface area contributed by atoms with Crippen LogP contribution in [0.2, 0.25) is 5.02 Å². The van der Waals surface area contributed by atoms with Gasteiger partial charge in [0.25, 0.3) is 0 Å². The fraction of sp³-hybridized carbons (Fsp3) is 0.200. The van der Waals surface area contributed by atoms with E-state index in [1.165, 1.54) is 0 Å². The summed E-state index contributed by atoms with van der Waals surface area (Å²) >= 11 is 9.50. The molecule has 0 unspecified atom stereocenters. The molecule has 2 aromatic carbocycles. The van der Waals surface area contributed by atoms with Crippen molar-refractivity contribution in [3.8, 4) is 11.5 Å². The molecule has 0 spiro atoms. The van der Waals surface area contributed by atoms with Crippen molar-refractivity contribution in [3.63, 3.8) is 0 Å². The van der Waals surface area contributed by atoms with E-state index in [4.69, 9.17) is 21.1 Å². The predicted molar refractivity (Wildman–Crippen MR) is 82.4 cm³/mol. The van der Waals surface area contributed by atoms with E-state index in [0.29, 0.717) is 28.7 Å². The molecule has 0 aliphatic heterocycles. The van der Waals surface area contributed by atoms with Crippen LogP contribution in [-0.4, -0.2) is 12.2 Å². The van der Waals surface area contributed by atoms with E-state index in [9.17, 15) is 5.11 Å². The molecule has 3 nitrogen and oxygen atoms in total. The van der Waals surface area contributed by atoms with Gasteiger partial charge in [-0.25, -0.2) is 0 Å². The molecule has 5 heteroatoms. The van der Waals surface area contributed by atoms with Gasteiger partial charge in [0.1, 0.15) is 18.1 Å². The number of halogens is 2. The summed E-state index contributed by atoms with van der Waals surface area (Å²) in [6.07, 6.45) is 0. The smallest absolute Gasteiger partial charge is 0.129 e. The van der Waals surface area contributed by atoms with E-state index in [2.05, 4.69) is 15.9 Å². The third-order valence-electron chi connectivity index (χ3n) is 2.84. The molecule has 2 aromatic rings. The van der Waals surface area contributed by atoms with Crippen molar-refractivity contribution >= 4 is 27.5 Å². The summed E-state index contributed by atoms with van der Waals surface area (Å²) in [6, 6.07) is 10.9. The third kappa shape index (κ3) is 3.66. The molecule has 0 heterocycles. The van der Waals surface area contributed by atoms with Crippen molar-refractivity contribution in [2.75, 3.05) is 7.11 Å². The molecule has 0 radical (unpaired) electrons. The highest BCUT2D eigenvalue weighted by Gasteiger charge is 2.07. The Hall–Kier alpha value is -1.23. The molecule has 0 saturated heterocycles. The molecular formula is C15H14BrClO3. The summed E-state index contributed by atoms with van der Waals surface area (Å²) in [7, 11) is 1.59. The first kappa shape index (κ1) is 15.2. The van der Waals surface area contributed by atoms with Crippen molar-refractivity contribution in [2.24, 2.45) is 0 Å². The summed E-state index contributed by atoms with van der Waals surface area (Å²) in [5.41, 5.74) is 1.58. The molecule has 1 N–H and O–H groups in total. The van der Waals surface area contributed by atoms with Gasteiger partial charge >= 0.3 is 0 Å². The first-order valence-electron chi connectivity index (χ1n) is 5.98. The van der Waals surface area contributed by atoms with Gasteiger partial charge in [-0.1, -0.05) is 33.6 Å². The predicted octanol–water partition coefficient (Wildman–Crippen LogP) is 4.18. The average Bonchev–Trinajstić information content (AvgIpc) is 2.46. The fourth-order valence-corrected chi connectivity index (χ4v) is 2.45. The number of rotatable bonds is 5. The van der Waals surface area contributed by atoms with E-state index >= 15 is 0 Å². The first-order chi connectivity index (χ1) is 9.63. The summed E-state index contributed by atoms with van der Waals surface area (Å²) in [5, 5.41) is 9.95. The van der Waals surface area contributed by atoms with E-state index in [0.717, 1.165) is 10.0 Å². The number of hydrogen-bond donors (Lipinski definition) is 1. The Morgan fingerprint density at radius 2 is 1.90 bits per heavy atom. The molecule has 0 bridgehead atoms. The molecule has 0 amide bonds. The van der Waals surface area contributed by atoms with Gasteiger partial charge in [-0.3, -0.25) is 0 Å². The molecule has 0 aliphatic carbocycles. The Morgan fingerprint density at radius 1 is 1.15 bits per heavy atom. The van der Waals surface area contributed by atoms with E-state index in [-0.39, 0.29) is 6.61 Å². The zero-order valence-corrected chi connectivity index (χ0v) is 13.2. The van der Waals surface area contributed by atoms with Gasteiger partial charge in [0.2, 0.25) is 0 Å². The van der Waals surface area contributed by atoms with Crippen LogP contribution in [0.1, 0.15) is 11.1 Å². The van der Waals surface area contributed by atoms with Crippen LogP contribution < -0.4 is 9.47 Å². The maximum absolute atomic E-state index is 9.32. The summed E-state index contributed by atoms with van der Waals surface area (Å²) in [4.78, 5) is 0. The number of ether oxygens (including phenoxy) is 2. The maximum atomic E-state index is 9.32. The lowest BCUT2D eigenvalue weighted by Gasteiger charge is -2.12. The SMILES string of the molecule is COc1ccc(CO)c(OCc2ccc(Br)cc2Cl)c1. The topological polar surface area (TPSA) is 38.7 Å². The van der Waals surface area contributed by atoms with Crippen LogP contribution in [0, 0.1) is 0 Å². The fourth-order valence-electron chi connectivity index (χ4n) is 1.72. The van der Waals surface area contributed by atoms with Gasteiger partial charge < -0.3 is 14.6 Å². The van der Waals surface area contributed by atoms with E-state index < -0.39 is 0 Å². The number of benzene rings is 2. The van der Waals surface area contributed by atoms with Crippen molar-refractivity contribution < 1.29 is 14.6 Å². The van der Waals surface area contributed by atoms with Crippen LogP contribution >= 0.6 is 27.5 Å². The second-order valence-electron chi connectivity index (χ2n) is 4.16. The van der Waals surface area contributed by atoms with Crippen LogP contribution in [0.5, 0.6) is 11.5 Å². The van der Waals surface area contributed by atoms with Crippen molar-refractivity contribution in [1.82, 2.24) is 0 Å². The Bertz CT molecular complexity index is 602. The Labute approximate surface area is 131 Å².